The Morgan fingerprint density at radius 3 is 2.67 bits per heavy atom. The zero-order valence-corrected chi connectivity index (χ0v) is 15.8. The van der Waals surface area contributed by atoms with Crippen molar-refractivity contribution in [2.45, 2.75) is 90.8 Å². The lowest BCUT2D eigenvalue weighted by molar-refractivity contribution is 0.532. The summed E-state index contributed by atoms with van der Waals surface area (Å²) in [7, 11) is 1.99. The maximum absolute atomic E-state index is 4.77. The first kappa shape index (κ1) is 18.7. The molecule has 6 heteroatoms. The van der Waals surface area contributed by atoms with Gasteiger partial charge < -0.3 is 15.2 Å². The van der Waals surface area contributed by atoms with Crippen molar-refractivity contribution >= 4 is 5.96 Å². The van der Waals surface area contributed by atoms with Crippen LogP contribution < -0.4 is 10.6 Å². The fourth-order valence-electron chi connectivity index (χ4n) is 3.14. The van der Waals surface area contributed by atoms with Gasteiger partial charge in [-0.3, -0.25) is 0 Å². The van der Waals surface area contributed by atoms with Crippen LogP contribution in [0.5, 0.6) is 0 Å². The third kappa shape index (κ3) is 5.80. The first-order valence-electron chi connectivity index (χ1n) is 9.52. The molecule has 0 aromatic carbocycles. The van der Waals surface area contributed by atoms with Crippen LogP contribution in [0.15, 0.2) is 4.99 Å². The fourth-order valence-corrected chi connectivity index (χ4v) is 3.14. The van der Waals surface area contributed by atoms with Crippen molar-refractivity contribution in [3.05, 3.63) is 11.6 Å². The molecule has 2 N–H and O–H groups in total. The molecule has 6 nitrogen and oxygen atoms in total. The lowest BCUT2D eigenvalue weighted by Gasteiger charge is -2.21. The molecule has 24 heavy (non-hydrogen) atoms. The third-order valence-corrected chi connectivity index (χ3v) is 4.88. The molecule has 1 unspecified atom stereocenters. The van der Waals surface area contributed by atoms with E-state index in [2.05, 4.69) is 34.7 Å². The normalized spacial score (nSPS) is 17.2. The van der Waals surface area contributed by atoms with Gasteiger partial charge in [-0.1, -0.05) is 39.0 Å². The van der Waals surface area contributed by atoms with Gasteiger partial charge in [0, 0.05) is 19.1 Å². The SMILES string of the molecule is CCCCCC(C)NC(=NCc1nnc(C)n1C)NC1CCCC1. The summed E-state index contributed by atoms with van der Waals surface area (Å²) in [5.41, 5.74) is 0. The Hall–Kier alpha value is -1.59. The molecular formula is C18H34N6. The molecule has 1 heterocycles. The summed E-state index contributed by atoms with van der Waals surface area (Å²) in [5, 5.41) is 15.5. The number of hydrogen-bond donors (Lipinski definition) is 2. The summed E-state index contributed by atoms with van der Waals surface area (Å²) in [6, 6.07) is 0.991. The van der Waals surface area contributed by atoms with E-state index in [-0.39, 0.29) is 0 Å². The second kappa shape index (κ2) is 9.64. The molecule has 0 aliphatic heterocycles. The molecule has 2 rings (SSSR count). The molecule has 0 saturated heterocycles. The largest absolute Gasteiger partial charge is 0.354 e. The molecule has 1 aliphatic rings. The first-order valence-corrected chi connectivity index (χ1v) is 9.52. The van der Waals surface area contributed by atoms with Crippen molar-refractivity contribution in [3.8, 4) is 0 Å². The average Bonchev–Trinajstić information content (AvgIpc) is 3.17. The zero-order valence-electron chi connectivity index (χ0n) is 15.8. The van der Waals surface area contributed by atoms with Crippen molar-refractivity contribution in [2.24, 2.45) is 12.0 Å². The fraction of sp³-hybridized carbons (Fsp3) is 0.833. The van der Waals surface area contributed by atoms with E-state index in [4.69, 9.17) is 4.99 Å². The predicted molar refractivity (Wildman–Crippen MR) is 99.0 cm³/mol. The average molecular weight is 335 g/mol. The van der Waals surface area contributed by atoms with Gasteiger partial charge in [-0.05, 0) is 33.1 Å². The lowest BCUT2D eigenvalue weighted by atomic mass is 10.1. The second-order valence-electron chi connectivity index (χ2n) is 7.05. The Kier molecular flexibility index (Phi) is 7.53. The van der Waals surface area contributed by atoms with Crippen LogP contribution in [0.25, 0.3) is 0 Å². The second-order valence-corrected chi connectivity index (χ2v) is 7.05. The number of rotatable bonds is 8. The maximum atomic E-state index is 4.77. The topological polar surface area (TPSA) is 67.1 Å². The highest BCUT2D eigenvalue weighted by Gasteiger charge is 2.17. The van der Waals surface area contributed by atoms with E-state index in [1.165, 1.54) is 51.4 Å². The Morgan fingerprint density at radius 1 is 1.29 bits per heavy atom. The first-order chi connectivity index (χ1) is 11.6. The summed E-state index contributed by atoms with van der Waals surface area (Å²) in [5.74, 6) is 2.75. The summed E-state index contributed by atoms with van der Waals surface area (Å²) in [4.78, 5) is 4.77. The van der Waals surface area contributed by atoms with Gasteiger partial charge in [0.05, 0.1) is 0 Å². The van der Waals surface area contributed by atoms with Crippen molar-refractivity contribution in [1.29, 1.82) is 0 Å². The lowest BCUT2D eigenvalue weighted by Crippen LogP contribution is -2.46. The van der Waals surface area contributed by atoms with Crippen molar-refractivity contribution in [1.82, 2.24) is 25.4 Å². The number of unbranched alkanes of at least 4 members (excludes halogenated alkanes) is 2. The maximum Gasteiger partial charge on any atom is 0.192 e. The van der Waals surface area contributed by atoms with Gasteiger partial charge >= 0.3 is 0 Å². The van der Waals surface area contributed by atoms with Gasteiger partial charge in [0.15, 0.2) is 11.8 Å². The molecule has 0 spiro atoms. The van der Waals surface area contributed by atoms with E-state index in [0.29, 0.717) is 18.6 Å². The molecule has 1 fully saturated rings. The van der Waals surface area contributed by atoms with Crippen LogP contribution in [0.2, 0.25) is 0 Å². The van der Waals surface area contributed by atoms with Crippen LogP contribution in [0.1, 0.15) is 76.9 Å². The van der Waals surface area contributed by atoms with E-state index in [9.17, 15) is 0 Å². The van der Waals surface area contributed by atoms with E-state index in [1.807, 2.05) is 18.5 Å². The van der Waals surface area contributed by atoms with Crippen LogP contribution in [0, 0.1) is 6.92 Å². The highest BCUT2D eigenvalue weighted by atomic mass is 15.3. The number of guanidine groups is 1. The van der Waals surface area contributed by atoms with Crippen LogP contribution >= 0.6 is 0 Å². The number of nitrogens with zero attached hydrogens (tertiary/aromatic N) is 4. The van der Waals surface area contributed by atoms with Crippen LogP contribution in [0.3, 0.4) is 0 Å². The molecule has 1 atom stereocenters. The third-order valence-electron chi connectivity index (χ3n) is 4.88. The van der Waals surface area contributed by atoms with Gasteiger partial charge in [-0.2, -0.15) is 0 Å². The van der Waals surface area contributed by atoms with E-state index in [0.717, 1.165) is 17.6 Å². The smallest absolute Gasteiger partial charge is 0.192 e. The zero-order chi connectivity index (χ0) is 17.4. The molecule has 1 saturated carbocycles. The molecule has 0 bridgehead atoms. The summed E-state index contributed by atoms with van der Waals surface area (Å²) >= 11 is 0. The minimum absolute atomic E-state index is 0.436. The molecule has 1 aromatic heterocycles. The number of hydrogen-bond acceptors (Lipinski definition) is 3. The van der Waals surface area contributed by atoms with Crippen LogP contribution in [0.4, 0.5) is 0 Å². The summed E-state index contributed by atoms with van der Waals surface area (Å²) in [6.45, 7) is 7.01. The molecular weight excluding hydrogens is 300 g/mol. The Labute approximate surface area is 146 Å². The Bertz CT molecular complexity index is 516. The van der Waals surface area contributed by atoms with Crippen molar-refractivity contribution in [3.63, 3.8) is 0 Å². The van der Waals surface area contributed by atoms with Crippen LogP contribution in [-0.2, 0) is 13.6 Å². The molecule has 0 radical (unpaired) electrons. The van der Waals surface area contributed by atoms with Crippen molar-refractivity contribution < 1.29 is 0 Å². The summed E-state index contributed by atoms with van der Waals surface area (Å²) in [6.07, 6.45) is 10.1. The van der Waals surface area contributed by atoms with Gasteiger partial charge in [-0.15, -0.1) is 10.2 Å². The number of aromatic nitrogens is 3. The minimum Gasteiger partial charge on any atom is -0.354 e. The van der Waals surface area contributed by atoms with Gasteiger partial charge in [0.25, 0.3) is 0 Å². The number of nitrogens with one attached hydrogen (secondary N) is 2. The molecule has 136 valence electrons. The number of aryl methyl sites for hydroxylation is 1. The molecule has 1 aromatic rings. The standard InChI is InChI=1S/C18H34N6/c1-5-6-7-10-14(2)20-18(21-16-11-8-9-12-16)19-13-17-23-22-15(3)24(17)4/h14,16H,5-13H2,1-4H3,(H2,19,20,21). The molecule has 1 aliphatic carbocycles. The van der Waals surface area contributed by atoms with Crippen LogP contribution in [-0.4, -0.2) is 32.8 Å². The highest BCUT2D eigenvalue weighted by molar-refractivity contribution is 5.80. The van der Waals surface area contributed by atoms with E-state index >= 15 is 0 Å². The van der Waals surface area contributed by atoms with Gasteiger partial charge in [-0.25, -0.2) is 4.99 Å². The quantitative estimate of drug-likeness (QED) is 0.435. The predicted octanol–water partition coefficient (Wildman–Crippen LogP) is 3.07. The Balaban J connectivity index is 1.95. The van der Waals surface area contributed by atoms with E-state index in [1.54, 1.807) is 0 Å². The number of aliphatic imine (C=N–C) groups is 1. The highest BCUT2D eigenvalue weighted by Crippen LogP contribution is 2.17. The summed E-state index contributed by atoms with van der Waals surface area (Å²) < 4.78 is 2.00. The van der Waals surface area contributed by atoms with E-state index < -0.39 is 0 Å². The minimum atomic E-state index is 0.436. The molecule has 0 amide bonds. The Morgan fingerprint density at radius 2 is 2.04 bits per heavy atom. The van der Waals surface area contributed by atoms with Crippen molar-refractivity contribution in [2.75, 3.05) is 0 Å². The van der Waals surface area contributed by atoms with Gasteiger partial charge in [0.1, 0.15) is 12.4 Å². The monoisotopic (exact) mass is 334 g/mol. The van der Waals surface area contributed by atoms with Gasteiger partial charge in [0.2, 0.25) is 0 Å².